The maximum Gasteiger partial charge on any atom is 0.0731 e. The molecule has 0 aliphatic heterocycles. The molecule has 0 spiro atoms. The maximum atomic E-state index is 4.20. The number of nitrogens with one attached hydrogen (secondary N) is 1. The van der Waals surface area contributed by atoms with Crippen LogP contribution in [0.5, 0.6) is 0 Å². The summed E-state index contributed by atoms with van der Waals surface area (Å²) in [5, 5.41) is 5.87. The molecule has 0 bridgehead atoms. The first-order valence-electron chi connectivity index (χ1n) is 6.46. The Bertz CT molecular complexity index is 726. The van der Waals surface area contributed by atoms with Crippen molar-refractivity contribution in [2.24, 2.45) is 0 Å². The van der Waals surface area contributed by atoms with Gasteiger partial charge < -0.3 is 5.32 Å². The molecule has 1 unspecified atom stereocenters. The quantitative estimate of drug-likeness (QED) is 0.744. The van der Waals surface area contributed by atoms with Gasteiger partial charge in [-0.15, -0.1) is 11.3 Å². The third-order valence-electron chi connectivity index (χ3n) is 3.47. The van der Waals surface area contributed by atoms with Crippen LogP contribution in [-0.4, -0.2) is 12.0 Å². The minimum absolute atomic E-state index is 0.205. The van der Waals surface area contributed by atoms with Gasteiger partial charge in [-0.2, -0.15) is 0 Å². The van der Waals surface area contributed by atoms with Gasteiger partial charge in [-0.3, -0.25) is 4.98 Å². The first-order valence-corrected chi connectivity index (χ1v) is 8.07. The number of nitrogens with zero attached hydrogens (tertiary/aromatic N) is 1. The second kappa shape index (κ2) is 5.64. The molecule has 20 heavy (non-hydrogen) atoms. The summed E-state index contributed by atoms with van der Waals surface area (Å²) in [5.74, 6) is 0. The number of aromatic nitrogens is 1. The molecule has 2 aromatic heterocycles. The van der Waals surface area contributed by atoms with Crippen molar-refractivity contribution < 1.29 is 0 Å². The van der Waals surface area contributed by atoms with Crippen molar-refractivity contribution in [3.63, 3.8) is 0 Å². The van der Waals surface area contributed by atoms with Gasteiger partial charge in [0.2, 0.25) is 0 Å². The Morgan fingerprint density at radius 1 is 1.30 bits per heavy atom. The summed E-state index contributed by atoms with van der Waals surface area (Å²) in [4.78, 5) is 5.53. The molecule has 4 heteroatoms. The summed E-state index contributed by atoms with van der Waals surface area (Å²) in [5.41, 5.74) is 2.58. The number of benzene rings is 1. The fourth-order valence-corrected chi connectivity index (χ4v) is 4.18. The summed E-state index contributed by atoms with van der Waals surface area (Å²) < 4.78 is 1.20. The second-order valence-electron chi connectivity index (χ2n) is 4.77. The Labute approximate surface area is 131 Å². The Morgan fingerprint density at radius 2 is 2.15 bits per heavy atom. The highest BCUT2D eigenvalue weighted by atomic mass is 79.9. The molecule has 0 radical (unpaired) electrons. The summed E-state index contributed by atoms with van der Waals surface area (Å²) in [6.07, 6.45) is 3.77. The first-order chi connectivity index (χ1) is 9.70. The molecule has 102 valence electrons. The van der Waals surface area contributed by atoms with Crippen molar-refractivity contribution >= 4 is 38.0 Å². The average Bonchev–Trinajstić information content (AvgIpc) is 2.79. The van der Waals surface area contributed by atoms with Gasteiger partial charge in [0.05, 0.1) is 9.83 Å². The molecule has 2 nitrogen and oxygen atoms in total. The molecule has 3 aromatic rings. The van der Waals surface area contributed by atoms with Crippen molar-refractivity contribution in [2.75, 3.05) is 7.05 Å². The summed E-state index contributed by atoms with van der Waals surface area (Å²) >= 11 is 5.41. The van der Waals surface area contributed by atoms with Crippen LogP contribution < -0.4 is 5.32 Å². The van der Waals surface area contributed by atoms with Crippen LogP contribution in [0.3, 0.4) is 0 Å². The molecule has 0 aliphatic rings. The molecule has 0 amide bonds. The Kier molecular flexibility index (Phi) is 3.87. The third-order valence-corrected chi connectivity index (χ3v) is 5.68. The highest BCUT2D eigenvalue weighted by Gasteiger charge is 2.17. The van der Waals surface area contributed by atoms with Gasteiger partial charge in [0.15, 0.2) is 0 Å². The summed E-state index contributed by atoms with van der Waals surface area (Å²) in [6, 6.07) is 10.9. The number of fused-ring (bicyclic) bond motifs is 1. The molecule has 0 saturated heterocycles. The number of thiophene rings is 1. The van der Waals surface area contributed by atoms with E-state index in [0.29, 0.717) is 0 Å². The fraction of sp³-hybridized carbons (Fsp3) is 0.188. The zero-order valence-electron chi connectivity index (χ0n) is 11.4. The minimum Gasteiger partial charge on any atom is -0.309 e. The lowest BCUT2D eigenvalue weighted by atomic mass is 9.99. The molecule has 0 aliphatic carbocycles. The number of halogens is 1. The average molecular weight is 347 g/mol. The third kappa shape index (κ3) is 2.39. The van der Waals surface area contributed by atoms with Gasteiger partial charge in [0, 0.05) is 22.7 Å². The van der Waals surface area contributed by atoms with Crippen molar-refractivity contribution in [3.8, 4) is 0 Å². The lowest BCUT2D eigenvalue weighted by Crippen LogP contribution is -2.16. The van der Waals surface area contributed by atoms with Crippen LogP contribution in [0, 0.1) is 6.92 Å². The largest absolute Gasteiger partial charge is 0.309 e. The predicted octanol–water partition coefficient (Wildman–Crippen LogP) is 4.68. The van der Waals surface area contributed by atoms with Gasteiger partial charge in [-0.05, 0) is 58.5 Å². The van der Waals surface area contributed by atoms with Crippen LogP contribution in [0.4, 0.5) is 0 Å². The number of aryl methyl sites for hydroxylation is 1. The van der Waals surface area contributed by atoms with E-state index in [9.17, 15) is 0 Å². The normalized spacial score (nSPS) is 12.8. The molecule has 0 saturated carbocycles. The van der Waals surface area contributed by atoms with E-state index in [1.54, 1.807) is 11.3 Å². The molecule has 3 rings (SSSR count). The van der Waals surface area contributed by atoms with Gasteiger partial charge in [-0.25, -0.2) is 0 Å². The minimum atomic E-state index is 0.205. The molecule has 0 fully saturated rings. The highest BCUT2D eigenvalue weighted by Crippen LogP contribution is 2.36. The number of hydrogen-bond donors (Lipinski definition) is 1. The number of pyridine rings is 1. The van der Waals surface area contributed by atoms with Crippen LogP contribution in [0.25, 0.3) is 10.8 Å². The monoisotopic (exact) mass is 346 g/mol. The first kappa shape index (κ1) is 13.7. The number of hydrogen-bond acceptors (Lipinski definition) is 3. The molecule has 1 atom stereocenters. The van der Waals surface area contributed by atoms with Crippen molar-refractivity contribution in [2.45, 2.75) is 13.0 Å². The fourth-order valence-electron chi connectivity index (χ4n) is 2.48. The SMILES string of the molecule is CNC(c1cc(C)c(Br)s1)c1cccc2cnccc12. The lowest BCUT2D eigenvalue weighted by Gasteiger charge is -2.17. The zero-order chi connectivity index (χ0) is 14.1. The Balaban J connectivity index is 2.16. The van der Waals surface area contributed by atoms with E-state index in [-0.39, 0.29) is 6.04 Å². The van der Waals surface area contributed by atoms with Gasteiger partial charge in [-0.1, -0.05) is 18.2 Å². The second-order valence-corrected chi connectivity index (χ2v) is 7.17. The lowest BCUT2D eigenvalue weighted by molar-refractivity contribution is 0.709. The van der Waals surface area contributed by atoms with Crippen LogP contribution in [-0.2, 0) is 0 Å². The van der Waals surface area contributed by atoms with Gasteiger partial charge in [0.1, 0.15) is 0 Å². The highest BCUT2D eigenvalue weighted by molar-refractivity contribution is 9.11. The van der Waals surface area contributed by atoms with E-state index < -0.39 is 0 Å². The van der Waals surface area contributed by atoms with Crippen LogP contribution in [0.15, 0.2) is 46.5 Å². The molecule has 1 aromatic carbocycles. The van der Waals surface area contributed by atoms with Crippen molar-refractivity contribution in [1.82, 2.24) is 10.3 Å². The van der Waals surface area contributed by atoms with Crippen LogP contribution in [0.2, 0.25) is 0 Å². The molecule has 2 heterocycles. The van der Waals surface area contributed by atoms with E-state index in [1.165, 1.54) is 30.6 Å². The summed E-state index contributed by atoms with van der Waals surface area (Å²) in [6.45, 7) is 2.13. The van der Waals surface area contributed by atoms with Crippen LogP contribution in [0.1, 0.15) is 22.0 Å². The standard InChI is InChI=1S/C16H15BrN2S/c1-10-8-14(20-16(10)17)15(18-2)13-5-3-4-11-9-19-7-6-12(11)13/h3-9,15,18H,1-2H3. The Morgan fingerprint density at radius 3 is 2.85 bits per heavy atom. The molecular formula is C16H15BrN2S. The zero-order valence-corrected chi connectivity index (χ0v) is 13.8. The predicted molar refractivity (Wildman–Crippen MR) is 89.4 cm³/mol. The van der Waals surface area contributed by atoms with Crippen LogP contribution >= 0.6 is 27.3 Å². The van der Waals surface area contributed by atoms with E-state index in [2.05, 4.69) is 63.5 Å². The van der Waals surface area contributed by atoms with E-state index in [4.69, 9.17) is 0 Å². The maximum absolute atomic E-state index is 4.20. The van der Waals surface area contributed by atoms with Gasteiger partial charge >= 0.3 is 0 Å². The molecular weight excluding hydrogens is 332 g/mol. The molecule has 1 N–H and O–H groups in total. The van der Waals surface area contributed by atoms with E-state index in [0.717, 1.165) is 0 Å². The van der Waals surface area contributed by atoms with E-state index >= 15 is 0 Å². The van der Waals surface area contributed by atoms with E-state index in [1.807, 2.05) is 19.4 Å². The smallest absolute Gasteiger partial charge is 0.0731 e. The van der Waals surface area contributed by atoms with Crippen molar-refractivity contribution in [1.29, 1.82) is 0 Å². The van der Waals surface area contributed by atoms with Gasteiger partial charge in [0.25, 0.3) is 0 Å². The Hall–Kier alpha value is -1.23. The number of rotatable bonds is 3. The summed E-state index contributed by atoms with van der Waals surface area (Å²) in [7, 11) is 2.01. The topological polar surface area (TPSA) is 24.9 Å². The van der Waals surface area contributed by atoms with Crippen molar-refractivity contribution in [3.05, 3.63) is 62.5 Å².